The molecule has 11 N–H and O–H groups in total. The highest BCUT2D eigenvalue weighted by atomic mass is 32.2. The molecule has 9 nitrogen and oxygen atoms in total. The minimum Gasteiger partial charge on any atom is -0.370 e. The lowest BCUT2D eigenvalue weighted by molar-refractivity contribution is 0.490. The van der Waals surface area contributed by atoms with E-state index in [0.717, 1.165) is 0 Å². The van der Waals surface area contributed by atoms with Crippen molar-refractivity contribution in [3.05, 3.63) is 0 Å². The average molecular weight is 214 g/mol. The molecule has 0 saturated heterocycles. The first kappa shape index (κ1) is 17.5. The summed E-state index contributed by atoms with van der Waals surface area (Å²) in [6, 6.07) is 0. The summed E-state index contributed by atoms with van der Waals surface area (Å²) in [5.41, 5.74) is 17.9. The molecule has 80 valence electrons. The second-order valence-corrected chi connectivity index (χ2v) is 3.11. The van der Waals surface area contributed by atoms with Gasteiger partial charge in [-0.15, -0.1) is 0 Å². The van der Waals surface area contributed by atoms with Gasteiger partial charge in [0.05, 0.1) is 6.26 Å². The summed E-state index contributed by atoms with van der Waals surface area (Å²) in [4.78, 5) is 0. The van der Waals surface area contributed by atoms with E-state index in [0.29, 0.717) is 6.26 Å². The van der Waals surface area contributed by atoms with Crippen molar-refractivity contribution in [2.45, 2.75) is 0 Å². The minimum absolute atomic E-state index is 0.333. The van der Waals surface area contributed by atoms with Gasteiger partial charge in [0.25, 0.3) is 10.1 Å². The quantitative estimate of drug-likeness (QED) is 0.128. The van der Waals surface area contributed by atoms with Crippen LogP contribution in [0.4, 0.5) is 0 Å². The van der Waals surface area contributed by atoms with E-state index >= 15 is 0 Å². The van der Waals surface area contributed by atoms with Crippen molar-refractivity contribution in [1.82, 2.24) is 0 Å². The second kappa shape index (κ2) is 8.55. The molecule has 0 amide bonds. The Morgan fingerprint density at radius 3 is 1.08 bits per heavy atom. The Labute approximate surface area is 75.8 Å². The van der Waals surface area contributed by atoms with Crippen LogP contribution in [0.5, 0.6) is 0 Å². The van der Waals surface area contributed by atoms with Gasteiger partial charge < -0.3 is 22.9 Å². The highest BCUT2D eigenvalue weighted by Gasteiger charge is 1.81. The molecular formula is C3H14N6O3S. The number of hydrogen-bond acceptors (Lipinski definition) is 4. The first-order valence-electron chi connectivity index (χ1n) is 2.58. The van der Waals surface area contributed by atoms with E-state index in [1.165, 1.54) is 0 Å². The van der Waals surface area contributed by atoms with Crippen LogP contribution in [0.1, 0.15) is 0 Å². The molecular weight excluding hydrogens is 200 g/mol. The third-order valence-corrected chi connectivity index (χ3v) is 0. The molecule has 0 saturated carbocycles. The lowest BCUT2D eigenvalue weighted by Gasteiger charge is -1.69. The normalized spacial score (nSPS) is 8.15. The molecule has 0 atom stereocenters. The number of rotatable bonds is 0. The maximum atomic E-state index is 9.19. The summed E-state index contributed by atoms with van der Waals surface area (Å²) < 4.78 is 25.9. The van der Waals surface area contributed by atoms with Crippen molar-refractivity contribution in [3.8, 4) is 0 Å². The third-order valence-electron chi connectivity index (χ3n) is 0. The molecule has 0 radical (unpaired) electrons. The summed E-state index contributed by atoms with van der Waals surface area (Å²) in [6.07, 6.45) is 0.715. The van der Waals surface area contributed by atoms with Gasteiger partial charge in [-0.3, -0.25) is 15.4 Å². The zero-order valence-electron chi connectivity index (χ0n) is 6.98. The molecule has 0 aromatic heterocycles. The van der Waals surface area contributed by atoms with Gasteiger partial charge in [0, 0.05) is 0 Å². The van der Waals surface area contributed by atoms with Crippen molar-refractivity contribution < 1.29 is 13.0 Å². The molecule has 0 heterocycles. The standard InChI is InChI=1S/2CH5N3.CH4O3S/c2*2-1(3)4;1-5(2,3)4/h2*(H5,2,3,4);1H3,(H,2,3,4). The molecule has 0 aliphatic rings. The van der Waals surface area contributed by atoms with E-state index in [4.69, 9.17) is 15.4 Å². The van der Waals surface area contributed by atoms with Crippen LogP contribution in [0.2, 0.25) is 0 Å². The van der Waals surface area contributed by atoms with Gasteiger partial charge >= 0.3 is 0 Å². The Balaban J connectivity index is -0.000000117. The van der Waals surface area contributed by atoms with Crippen LogP contribution in [0.25, 0.3) is 0 Å². The van der Waals surface area contributed by atoms with Crippen LogP contribution in [-0.4, -0.2) is 31.1 Å². The Bertz CT molecular complexity index is 218. The topological polar surface area (TPSA) is 206 Å². The van der Waals surface area contributed by atoms with Crippen LogP contribution < -0.4 is 22.9 Å². The summed E-state index contributed by atoms with van der Waals surface area (Å²) in [5.74, 6) is -0.667. The molecule has 0 aliphatic heterocycles. The smallest absolute Gasteiger partial charge is 0.261 e. The number of nitrogens with two attached hydrogens (primary N) is 4. The maximum absolute atomic E-state index is 9.19. The fourth-order valence-corrected chi connectivity index (χ4v) is 0. The summed E-state index contributed by atoms with van der Waals surface area (Å²) in [6.45, 7) is 0. The van der Waals surface area contributed by atoms with Gasteiger partial charge in [-0.05, 0) is 0 Å². The summed E-state index contributed by atoms with van der Waals surface area (Å²) in [5, 5.41) is 12.1. The third kappa shape index (κ3) is 311. The Morgan fingerprint density at radius 1 is 1.08 bits per heavy atom. The van der Waals surface area contributed by atoms with Gasteiger partial charge in [-0.25, -0.2) is 0 Å². The molecule has 0 aliphatic carbocycles. The van der Waals surface area contributed by atoms with E-state index in [-0.39, 0.29) is 11.9 Å². The predicted octanol–water partition coefficient (Wildman–Crippen LogP) is -2.82. The van der Waals surface area contributed by atoms with Crippen molar-refractivity contribution in [2.75, 3.05) is 6.26 Å². The Morgan fingerprint density at radius 2 is 1.08 bits per heavy atom. The number of hydrogen-bond donors (Lipinski definition) is 7. The molecule has 0 fully saturated rings. The molecule has 0 spiro atoms. The molecule has 13 heavy (non-hydrogen) atoms. The van der Waals surface area contributed by atoms with E-state index in [9.17, 15) is 8.42 Å². The first-order valence-corrected chi connectivity index (χ1v) is 4.43. The van der Waals surface area contributed by atoms with Crippen molar-refractivity contribution in [2.24, 2.45) is 22.9 Å². The SMILES string of the molecule is CS(=O)(=O)O.N=C(N)N.N=C(N)N. The van der Waals surface area contributed by atoms with Crippen LogP contribution in [-0.2, 0) is 10.1 Å². The van der Waals surface area contributed by atoms with Crippen LogP contribution in [0.15, 0.2) is 0 Å². The summed E-state index contributed by atoms with van der Waals surface area (Å²) >= 11 is 0. The number of guanidine groups is 2. The fraction of sp³-hybridized carbons (Fsp3) is 0.333. The second-order valence-electron chi connectivity index (χ2n) is 1.64. The predicted molar refractivity (Wildman–Crippen MR) is 49.7 cm³/mol. The average Bonchev–Trinajstić information content (AvgIpc) is 1.50. The monoisotopic (exact) mass is 214 g/mol. The van der Waals surface area contributed by atoms with Gasteiger partial charge in [-0.1, -0.05) is 0 Å². The van der Waals surface area contributed by atoms with Gasteiger partial charge in [0.15, 0.2) is 11.9 Å². The lowest BCUT2D eigenvalue weighted by Crippen LogP contribution is -2.20. The van der Waals surface area contributed by atoms with Crippen LogP contribution in [0, 0.1) is 10.8 Å². The molecule has 10 heteroatoms. The molecule has 0 rings (SSSR count). The minimum atomic E-state index is -3.67. The molecule has 0 unspecified atom stereocenters. The van der Waals surface area contributed by atoms with E-state index in [2.05, 4.69) is 22.9 Å². The Kier molecular flexibility index (Phi) is 11.5. The number of nitrogens with one attached hydrogen (secondary N) is 2. The zero-order valence-corrected chi connectivity index (χ0v) is 7.80. The van der Waals surface area contributed by atoms with Crippen molar-refractivity contribution in [3.63, 3.8) is 0 Å². The molecule has 0 aromatic carbocycles. The van der Waals surface area contributed by atoms with E-state index in [1.807, 2.05) is 0 Å². The lowest BCUT2D eigenvalue weighted by atomic mass is 11.1. The van der Waals surface area contributed by atoms with Crippen LogP contribution >= 0.6 is 0 Å². The summed E-state index contributed by atoms with van der Waals surface area (Å²) in [7, 11) is -3.67. The van der Waals surface area contributed by atoms with E-state index < -0.39 is 10.1 Å². The Hall–Kier alpha value is -1.55. The van der Waals surface area contributed by atoms with Gasteiger partial charge in [-0.2, -0.15) is 8.42 Å². The van der Waals surface area contributed by atoms with Gasteiger partial charge in [0.2, 0.25) is 0 Å². The van der Waals surface area contributed by atoms with E-state index in [1.54, 1.807) is 0 Å². The maximum Gasteiger partial charge on any atom is 0.261 e. The highest BCUT2D eigenvalue weighted by molar-refractivity contribution is 7.85. The van der Waals surface area contributed by atoms with Crippen molar-refractivity contribution >= 4 is 22.0 Å². The zero-order chi connectivity index (χ0) is 11.7. The largest absolute Gasteiger partial charge is 0.370 e. The molecule has 0 aromatic rings. The van der Waals surface area contributed by atoms with Crippen LogP contribution in [0.3, 0.4) is 0 Å². The van der Waals surface area contributed by atoms with Crippen molar-refractivity contribution in [1.29, 1.82) is 10.8 Å². The highest BCUT2D eigenvalue weighted by Crippen LogP contribution is 1.60. The molecule has 0 bridgehead atoms. The first-order chi connectivity index (χ1) is 5.46. The van der Waals surface area contributed by atoms with Gasteiger partial charge in [0.1, 0.15) is 0 Å². The fourth-order valence-electron chi connectivity index (χ4n) is 0.